The minimum absolute atomic E-state index is 0.667. The number of benzene rings is 1. The lowest BCUT2D eigenvalue weighted by molar-refractivity contribution is 0.279. The fourth-order valence-electron chi connectivity index (χ4n) is 1.85. The Labute approximate surface area is 115 Å². The van der Waals surface area contributed by atoms with Crippen LogP contribution < -0.4 is 4.74 Å². The van der Waals surface area contributed by atoms with Crippen molar-refractivity contribution in [3.63, 3.8) is 0 Å². The minimum Gasteiger partial charge on any atom is -0.493 e. The number of thiol groups is 1. The van der Waals surface area contributed by atoms with Gasteiger partial charge in [0.15, 0.2) is 0 Å². The van der Waals surface area contributed by atoms with Crippen LogP contribution in [0, 0.1) is 19.8 Å². The molecule has 0 aromatic heterocycles. The van der Waals surface area contributed by atoms with Gasteiger partial charge in [-0.3, -0.25) is 0 Å². The fraction of sp³-hybridized carbons (Fsp3) is 0.571. The predicted molar refractivity (Wildman–Crippen MR) is 78.7 cm³/mol. The Morgan fingerprint density at radius 3 is 2.35 bits per heavy atom. The van der Waals surface area contributed by atoms with Gasteiger partial charge in [-0.05, 0) is 61.6 Å². The van der Waals surface area contributed by atoms with Crippen LogP contribution in [0.15, 0.2) is 12.1 Å². The van der Waals surface area contributed by atoms with Crippen LogP contribution in [0.3, 0.4) is 0 Å². The van der Waals surface area contributed by atoms with E-state index in [9.17, 15) is 0 Å². The summed E-state index contributed by atoms with van der Waals surface area (Å²) in [6.45, 7) is 7.07. The van der Waals surface area contributed by atoms with Gasteiger partial charge in [-0.25, -0.2) is 0 Å². The van der Waals surface area contributed by atoms with Crippen LogP contribution in [-0.4, -0.2) is 12.4 Å². The summed E-state index contributed by atoms with van der Waals surface area (Å²) in [6, 6.07) is 3.89. The molecule has 0 bridgehead atoms. The van der Waals surface area contributed by atoms with E-state index in [1.807, 2.05) is 26.0 Å². The molecule has 0 aliphatic heterocycles. The van der Waals surface area contributed by atoms with Gasteiger partial charge in [0.25, 0.3) is 0 Å². The summed E-state index contributed by atoms with van der Waals surface area (Å²) in [5.41, 5.74) is 2.22. The molecule has 0 heterocycles. The molecular formula is C14H21ClOS. The minimum atomic E-state index is 0.667. The molecule has 1 nitrogen and oxygen atoms in total. The number of ether oxygens (including phenoxy) is 1. The summed E-state index contributed by atoms with van der Waals surface area (Å²) in [4.78, 5) is 0. The third-order valence-corrected chi connectivity index (χ3v) is 3.38. The van der Waals surface area contributed by atoms with Gasteiger partial charge >= 0.3 is 0 Å². The summed E-state index contributed by atoms with van der Waals surface area (Å²) < 4.78 is 5.86. The van der Waals surface area contributed by atoms with Gasteiger partial charge in [0.05, 0.1) is 6.61 Å². The van der Waals surface area contributed by atoms with Crippen molar-refractivity contribution in [3.8, 4) is 5.75 Å². The van der Waals surface area contributed by atoms with Crippen molar-refractivity contribution in [2.45, 2.75) is 33.6 Å². The third kappa shape index (κ3) is 4.81. The lowest BCUT2D eigenvalue weighted by atomic mass is 10.1. The maximum absolute atomic E-state index is 5.98. The van der Waals surface area contributed by atoms with E-state index < -0.39 is 0 Å². The van der Waals surface area contributed by atoms with Gasteiger partial charge in [-0.1, -0.05) is 18.5 Å². The number of halogens is 1. The number of hydrogen-bond donors (Lipinski definition) is 1. The highest BCUT2D eigenvalue weighted by Gasteiger charge is 2.07. The van der Waals surface area contributed by atoms with Crippen LogP contribution >= 0.6 is 24.2 Å². The quantitative estimate of drug-likeness (QED) is 0.740. The molecule has 0 aliphatic carbocycles. The number of rotatable bonds is 6. The Bertz CT molecular complexity index is 342. The van der Waals surface area contributed by atoms with Crippen molar-refractivity contribution in [3.05, 3.63) is 28.3 Å². The molecule has 0 saturated heterocycles. The molecule has 0 N–H and O–H groups in total. The van der Waals surface area contributed by atoms with Crippen molar-refractivity contribution >= 4 is 24.2 Å². The first kappa shape index (κ1) is 14.7. The van der Waals surface area contributed by atoms with E-state index >= 15 is 0 Å². The Morgan fingerprint density at radius 2 is 1.82 bits per heavy atom. The van der Waals surface area contributed by atoms with Crippen LogP contribution in [0.1, 0.15) is 30.9 Å². The van der Waals surface area contributed by atoms with E-state index in [4.69, 9.17) is 16.3 Å². The van der Waals surface area contributed by atoms with Crippen molar-refractivity contribution in [1.82, 2.24) is 0 Å². The second-order valence-electron chi connectivity index (χ2n) is 4.62. The van der Waals surface area contributed by atoms with E-state index in [1.165, 1.54) is 0 Å². The molecule has 1 aromatic rings. The average molecular weight is 273 g/mol. The Kier molecular flexibility index (Phi) is 6.21. The van der Waals surface area contributed by atoms with Crippen molar-refractivity contribution in [2.75, 3.05) is 12.4 Å². The normalized spacial score (nSPS) is 12.5. The first-order valence-electron chi connectivity index (χ1n) is 6.05. The summed E-state index contributed by atoms with van der Waals surface area (Å²) in [5.74, 6) is 2.59. The molecule has 96 valence electrons. The van der Waals surface area contributed by atoms with Crippen LogP contribution in [-0.2, 0) is 0 Å². The summed E-state index contributed by atoms with van der Waals surface area (Å²) in [6.07, 6.45) is 2.22. The molecule has 1 atom stereocenters. The zero-order chi connectivity index (χ0) is 12.8. The standard InChI is InChI=1S/C14H21ClOS/c1-10(5-7-17)4-6-16-14-11(2)8-13(15)9-12(14)3/h8-10,17H,4-7H2,1-3H3. The van der Waals surface area contributed by atoms with Gasteiger partial charge in [0.2, 0.25) is 0 Å². The SMILES string of the molecule is Cc1cc(Cl)cc(C)c1OCCC(C)CCS. The zero-order valence-electron chi connectivity index (χ0n) is 10.8. The molecule has 0 amide bonds. The average Bonchev–Trinajstić information content (AvgIpc) is 2.22. The molecule has 17 heavy (non-hydrogen) atoms. The molecule has 1 unspecified atom stereocenters. The molecule has 0 radical (unpaired) electrons. The third-order valence-electron chi connectivity index (χ3n) is 2.90. The van der Waals surface area contributed by atoms with Crippen molar-refractivity contribution in [2.24, 2.45) is 5.92 Å². The molecule has 1 aromatic carbocycles. The Morgan fingerprint density at radius 1 is 1.24 bits per heavy atom. The lowest BCUT2D eigenvalue weighted by Crippen LogP contribution is -2.06. The van der Waals surface area contributed by atoms with Gasteiger partial charge in [0.1, 0.15) is 5.75 Å². The summed E-state index contributed by atoms with van der Waals surface area (Å²) in [7, 11) is 0. The zero-order valence-corrected chi connectivity index (χ0v) is 12.4. The van der Waals surface area contributed by atoms with Crippen molar-refractivity contribution < 1.29 is 4.74 Å². The number of aryl methyl sites for hydroxylation is 2. The number of hydrogen-bond acceptors (Lipinski definition) is 2. The second kappa shape index (κ2) is 7.17. The van der Waals surface area contributed by atoms with E-state index in [-0.39, 0.29) is 0 Å². The molecular weight excluding hydrogens is 252 g/mol. The molecule has 0 aliphatic rings. The van der Waals surface area contributed by atoms with Gasteiger partial charge in [-0.15, -0.1) is 0 Å². The molecule has 0 spiro atoms. The summed E-state index contributed by atoms with van der Waals surface area (Å²) in [5, 5.41) is 0.774. The van der Waals surface area contributed by atoms with Crippen LogP contribution in [0.2, 0.25) is 5.02 Å². The maximum Gasteiger partial charge on any atom is 0.125 e. The highest BCUT2D eigenvalue weighted by atomic mass is 35.5. The topological polar surface area (TPSA) is 9.23 Å². The van der Waals surface area contributed by atoms with Crippen LogP contribution in [0.25, 0.3) is 0 Å². The Balaban J connectivity index is 2.52. The summed E-state index contributed by atoms with van der Waals surface area (Å²) >= 11 is 10.2. The van der Waals surface area contributed by atoms with E-state index in [2.05, 4.69) is 19.6 Å². The lowest BCUT2D eigenvalue weighted by Gasteiger charge is -2.14. The first-order valence-corrected chi connectivity index (χ1v) is 7.06. The predicted octanol–water partition coefficient (Wildman–Crippen LogP) is 4.68. The highest BCUT2D eigenvalue weighted by molar-refractivity contribution is 7.80. The van der Waals surface area contributed by atoms with Crippen LogP contribution in [0.5, 0.6) is 5.75 Å². The van der Waals surface area contributed by atoms with Crippen LogP contribution in [0.4, 0.5) is 0 Å². The van der Waals surface area contributed by atoms with Crippen molar-refractivity contribution in [1.29, 1.82) is 0 Å². The smallest absolute Gasteiger partial charge is 0.125 e. The Hall–Kier alpha value is -0.340. The molecule has 1 rings (SSSR count). The largest absolute Gasteiger partial charge is 0.493 e. The van der Waals surface area contributed by atoms with E-state index in [0.717, 1.165) is 47.1 Å². The van der Waals surface area contributed by atoms with E-state index in [1.54, 1.807) is 0 Å². The second-order valence-corrected chi connectivity index (χ2v) is 5.51. The first-order chi connectivity index (χ1) is 8.04. The molecule has 3 heteroatoms. The van der Waals surface area contributed by atoms with Gasteiger partial charge < -0.3 is 4.74 Å². The maximum atomic E-state index is 5.98. The highest BCUT2D eigenvalue weighted by Crippen LogP contribution is 2.27. The van der Waals surface area contributed by atoms with Gasteiger partial charge in [0, 0.05) is 5.02 Å². The molecule has 0 fully saturated rings. The van der Waals surface area contributed by atoms with Gasteiger partial charge in [-0.2, -0.15) is 12.6 Å². The molecule has 0 saturated carbocycles. The fourth-order valence-corrected chi connectivity index (χ4v) is 2.62. The monoisotopic (exact) mass is 272 g/mol. The van der Waals surface area contributed by atoms with E-state index in [0.29, 0.717) is 5.92 Å².